The van der Waals surface area contributed by atoms with Gasteiger partial charge in [0.1, 0.15) is 9.77 Å². The van der Waals surface area contributed by atoms with Crippen LogP contribution in [0.4, 0.5) is 5.69 Å². The Labute approximate surface area is 144 Å². The first-order valence-corrected chi connectivity index (χ1v) is 9.33. The highest BCUT2D eigenvalue weighted by Gasteiger charge is 2.27. The summed E-state index contributed by atoms with van der Waals surface area (Å²) < 4.78 is 28.0. The zero-order valence-electron chi connectivity index (χ0n) is 10.6. The number of sulfonamides is 1. The lowest BCUT2D eigenvalue weighted by Crippen LogP contribution is -2.16. The van der Waals surface area contributed by atoms with Crippen LogP contribution in [-0.4, -0.2) is 19.5 Å². The monoisotopic (exact) mass is 457 g/mol. The molecule has 0 aliphatic carbocycles. The Kier molecular flexibility index (Phi) is 4.81. The maximum atomic E-state index is 12.4. The third-order valence-corrected chi connectivity index (χ3v) is 6.31. The van der Waals surface area contributed by atoms with Gasteiger partial charge in [-0.25, -0.2) is 13.2 Å². The zero-order chi connectivity index (χ0) is 15.8. The van der Waals surface area contributed by atoms with Gasteiger partial charge in [-0.1, -0.05) is 11.6 Å². The van der Waals surface area contributed by atoms with E-state index >= 15 is 0 Å². The van der Waals surface area contributed by atoms with Gasteiger partial charge in [-0.2, -0.15) is 0 Å². The first kappa shape index (κ1) is 16.5. The van der Waals surface area contributed by atoms with E-state index in [-0.39, 0.29) is 20.5 Å². The second-order valence-electron chi connectivity index (χ2n) is 4.11. The lowest BCUT2D eigenvalue weighted by Gasteiger charge is -2.10. The summed E-state index contributed by atoms with van der Waals surface area (Å²) in [5, 5.41) is 10.8. The van der Waals surface area contributed by atoms with Crippen molar-refractivity contribution in [2.24, 2.45) is 0 Å². The van der Waals surface area contributed by atoms with Gasteiger partial charge in [-0.05, 0) is 58.7 Å². The molecule has 1 heterocycles. The number of rotatable bonds is 4. The van der Waals surface area contributed by atoms with Gasteiger partial charge in [0.25, 0.3) is 10.0 Å². The first-order valence-electron chi connectivity index (χ1n) is 5.51. The highest BCUT2D eigenvalue weighted by molar-refractivity contribution is 14.1. The minimum Gasteiger partial charge on any atom is -0.477 e. The third-order valence-electron chi connectivity index (χ3n) is 2.56. The van der Waals surface area contributed by atoms with E-state index in [1.807, 2.05) is 0 Å². The normalized spacial score (nSPS) is 11.4. The highest BCUT2D eigenvalue weighted by Crippen LogP contribution is 2.31. The fourth-order valence-electron chi connectivity index (χ4n) is 1.68. The Bertz CT molecular complexity index is 817. The van der Waals surface area contributed by atoms with Gasteiger partial charge < -0.3 is 5.11 Å². The van der Waals surface area contributed by atoms with Crippen molar-refractivity contribution in [3.8, 4) is 0 Å². The Morgan fingerprint density at radius 1 is 1.43 bits per heavy atom. The van der Waals surface area contributed by atoms with Crippen molar-refractivity contribution in [2.75, 3.05) is 4.72 Å². The van der Waals surface area contributed by atoms with Crippen molar-refractivity contribution in [3.63, 3.8) is 0 Å². The smallest absolute Gasteiger partial charge is 0.347 e. The van der Waals surface area contributed by atoms with E-state index < -0.39 is 16.0 Å². The van der Waals surface area contributed by atoms with Gasteiger partial charge in [0, 0.05) is 3.57 Å². The predicted octanol–water partition coefficient (Wildman–Crippen LogP) is 3.81. The maximum Gasteiger partial charge on any atom is 0.347 e. The minimum atomic E-state index is -4.02. The lowest BCUT2D eigenvalue weighted by molar-refractivity contribution is 0.0698. The number of hydrogen-bond donors (Lipinski definition) is 2. The fraction of sp³-hybridized carbons (Fsp3) is 0.0833. The molecule has 0 aliphatic heterocycles. The second-order valence-corrected chi connectivity index (χ2v) is 8.26. The van der Waals surface area contributed by atoms with E-state index in [2.05, 4.69) is 27.3 Å². The summed E-state index contributed by atoms with van der Waals surface area (Å²) in [4.78, 5) is 10.7. The number of halogens is 2. The van der Waals surface area contributed by atoms with Crippen molar-refractivity contribution in [2.45, 2.75) is 11.8 Å². The number of anilines is 1. The number of carboxylic acid groups (broad SMARTS) is 1. The van der Waals surface area contributed by atoms with Gasteiger partial charge in [0.15, 0.2) is 0 Å². The molecule has 0 radical (unpaired) electrons. The molecule has 0 aliphatic rings. The number of hydrogen-bond acceptors (Lipinski definition) is 4. The summed E-state index contributed by atoms with van der Waals surface area (Å²) >= 11 is 8.92. The van der Waals surface area contributed by atoms with Gasteiger partial charge >= 0.3 is 5.97 Å². The molecule has 1 aromatic carbocycles. The number of carbonyl (C=O) groups is 1. The fourth-order valence-corrected chi connectivity index (χ4v) is 5.36. The van der Waals surface area contributed by atoms with E-state index in [9.17, 15) is 13.2 Å². The SMILES string of the molecule is Cc1csc(C(=O)O)c1S(=O)(=O)Nc1ccc(I)cc1Cl. The van der Waals surface area contributed by atoms with E-state index in [0.29, 0.717) is 5.56 Å². The molecule has 0 saturated carbocycles. The third kappa shape index (κ3) is 3.50. The van der Waals surface area contributed by atoms with Gasteiger partial charge in [0.05, 0.1) is 10.7 Å². The summed E-state index contributed by atoms with van der Waals surface area (Å²) in [6.45, 7) is 1.55. The van der Waals surface area contributed by atoms with Crippen LogP contribution in [0.2, 0.25) is 5.02 Å². The Morgan fingerprint density at radius 2 is 2.10 bits per heavy atom. The molecule has 0 bridgehead atoms. The highest BCUT2D eigenvalue weighted by atomic mass is 127. The molecule has 0 saturated heterocycles. The molecular weight excluding hydrogens is 449 g/mol. The average Bonchev–Trinajstić information content (AvgIpc) is 2.76. The largest absolute Gasteiger partial charge is 0.477 e. The first-order chi connectivity index (χ1) is 9.72. The second kappa shape index (κ2) is 6.11. The number of thiophene rings is 1. The maximum absolute atomic E-state index is 12.4. The standard InChI is InChI=1S/C12H9ClINO4S2/c1-6-5-20-10(12(16)17)11(6)21(18,19)15-9-3-2-7(14)4-8(9)13/h2-5,15H,1H3,(H,16,17). The Morgan fingerprint density at radius 3 is 2.67 bits per heavy atom. The molecule has 1 aromatic heterocycles. The summed E-state index contributed by atoms with van der Waals surface area (Å²) in [6.07, 6.45) is 0. The molecular formula is C12H9ClINO4S2. The molecule has 0 spiro atoms. The molecule has 2 N–H and O–H groups in total. The molecule has 5 nitrogen and oxygen atoms in total. The summed E-state index contributed by atoms with van der Waals surface area (Å²) in [5.74, 6) is -1.28. The minimum absolute atomic E-state index is 0.207. The van der Waals surface area contributed by atoms with Crippen molar-refractivity contribution in [1.82, 2.24) is 0 Å². The molecule has 21 heavy (non-hydrogen) atoms. The van der Waals surface area contributed by atoms with E-state index in [1.54, 1.807) is 19.1 Å². The zero-order valence-corrected chi connectivity index (χ0v) is 15.1. The van der Waals surface area contributed by atoms with Gasteiger partial charge in [0.2, 0.25) is 0 Å². The summed E-state index contributed by atoms with van der Waals surface area (Å²) in [5.41, 5.74) is 0.588. The number of benzene rings is 1. The quantitative estimate of drug-likeness (QED) is 0.684. The van der Waals surface area contributed by atoms with Crippen LogP contribution in [0.1, 0.15) is 15.2 Å². The molecule has 2 rings (SSSR count). The molecule has 0 atom stereocenters. The molecule has 9 heteroatoms. The number of aryl methyl sites for hydroxylation is 1. The molecule has 2 aromatic rings. The van der Waals surface area contributed by atoms with Crippen LogP contribution in [0, 0.1) is 10.5 Å². The van der Waals surface area contributed by atoms with E-state index in [1.165, 1.54) is 11.4 Å². The van der Waals surface area contributed by atoms with Crippen molar-refractivity contribution < 1.29 is 18.3 Å². The van der Waals surface area contributed by atoms with E-state index in [0.717, 1.165) is 14.9 Å². The van der Waals surface area contributed by atoms with Crippen LogP contribution in [0.5, 0.6) is 0 Å². The Balaban J connectivity index is 2.48. The molecule has 0 amide bonds. The van der Waals surface area contributed by atoms with Crippen molar-refractivity contribution in [1.29, 1.82) is 0 Å². The summed E-state index contributed by atoms with van der Waals surface area (Å²) in [7, 11) is -4.02. The molecule has 0 unspecified atom stereocenters. The van der Waals surface area contributed by atoms with Crippen LogP contribution >= 0.6 is 45.5 Å². The van der Waals surface area contributed by atoms with Gasteiger partial charge in [-0.3, -0.25) is 4.72 Å². The van der Waals surface area contributed by atoms with Crippen molar-refractivity contribution in [3.05, 3.63) is 42.6 Å². The van der Waals surface area contributed by atoms with Crippen LogP contribution in [-0.2, 0) is 10.0 Å². The average molecular weight is 458 g/mol. The van der Waals surface area contributed by atoms with Crippen LogP contribution in [0.3, 0.4) is 0 Å². The topological polar surface area (TPSA) is 83.5 Å². The number of carboxylic acids is 1. The van der Waals surface area contributed by atoms with Crippen LogP contribution in [0.15, 0.2) is 28.5 Å². The van der Waals surface area contributed by atoms with E-state index in [4.69, 9.17) is 16.7 Å². The molecule has 112 valence electrons. The molecule has 0 fully saturated rings. The van der Waals surface area contributed by atoms with Crippen molar-refractivity contribution >= 4 is 67.2 Å². The van der Waals surface area contributed by atoms with Crippen LogP contribution < -0.4 is 4.72 Å². The number of nitrogens with one attached hydrogen (secondary N) is 1. The number of aromatic carboxylic acids is 1. The lowest BCUT2D eigenvalue weighted by atomic mass is 10.3. The van der Waals surface area contributed by atoms with Crippen LogP contribution in [0.25, 0.3) is 0 Å². The predicted molar refractivity (Wildman–Crippen MR) is 91.0 cm³/mol. The van der Waals surface area contributed by atoms with Gasteiger partial charge in [-0.15, -0.1) is 11.3 Å². The Hall–Kier alpha value is -0.840. The summed E-state index contributed by atoms with van der Waals surface area (Å²) in [6, 6.07) is 4.84.